The van der Waals surface area contributed by atoms with Gasteiger partial charge in [-0.25, -0.2) is 4.79 Å². The Bertz CT molecular complexity index is 1010. The van der Waals surface area contributed by atoms with Gasteiger partial charge in [-0.1, -0.05) is 54.6 Å². The number of likely N-dealkylation sites (tertiary alicyclic amines) is 1. The molecule has 2 heterocycles. The fraction of sp³-hybridized carbons (Fsp3) is 0.238. The Labute approximate surface area is 171 Å². The number of hydrogen-bond acceptors (Lipinski definition) is 6. The molecule has 2 amide bonds. The van der Waals surface area contributed by atoms with E-state index in [0.717, 1.165) is 5.56 Å². The van der Waals surface area contributed by atoms with Gasteiger partial charge < -0.3 is 15.6 Å². The minimum Gasteiger partial charge on any atom is -0.450 e. The lowest BCUT2D eigenvalue weighted by atomic mass is 9.88. The monoisotopic (exact) mass is 408 g/mol. The van der Waals surface area contributed by atoms with Gasteiger partial charge in [-0.05, 0) is 11.1 Å². The number of imide groups is 1. The van der Waals surface area contributed by atoms with Crippen LogP contribution in [0.25, 0.3) is 0 Å². The highest BCUT2D eigenvalue weighted by Gasteiger charge is 2.60. The van der Waals surface area contributed by atoms with Crippen molar-refractivity contribution in [3.63, 3.8) is 0 Å². The van der Waals surface area contributed by atoms with Gasteiger partial charge in [-0.15, -0.1) is 0 Å². The molecule has 5 N–H and O–H groups in total. The molecule has 154 valence electrons. The van der Waals surface area contributed by atoms with Crippen molar-refractivity contribution in [2.45, 2.75) is 18.8 Å². The summed E-state index contributed by atoms with van der Waals surface area (Å²) in [5.41, 5.74) is 7.48. The van der Waals surface area contributed by atoms with Crippen molar-refractivity contribution in [2.24, 2.45) is 17.6 Å². The summed E-state index contributed by atoms with van der Waals surface area (Å²) in [6.45, 7) is 0.112. The second-order valence-corrected chi connectivity index (χ2v) is 7.28. The van der Waals surface area contributed by atoms with Crippen molar-refractivity contribution in [1.29, 1.82) is 5.41 Å². The van der Waals surface area contributed by atoms with Crippen LogP contribution in [-0.2, 0) is 20.9 Å². The van der Waals surface area contributed by atoms with E-state index in [1.165, 1.54) is 4.90 Å². The average molecular weight is 408 g/mol. The summed E-state index contributed by atoms with van der Waals surface area (Å²) in [6.07, 6.45) is -2.66. The predicted octanol–water partition coefficient (Wildman–Crippen LogP) is 1.44. The number of carbonyl (C=O) groups excluding carboxylic acids is 2. The molecule has 9 nitrogen and oxygen atoms in total. The summed E-state index contributed by atoms with van der Waals surface area (Å²) in [5, 5.41) is 19.6. The Morgan fingerprint density at radius 1 is 1.07 bits per heavy atom. The zero-order chi connectivity index (χ0) is 21.4. The van der Waals surface area contributed by atoms with Gasteiger partial charge in [-0.3, -0.25) is 25.2 Å². The fourth-order valence-corrected chi connectivity index (χ4v) is 4.14. The molecule has 4 rings (SSSR count). The van der Waals surface area contributed by atoms with Crippen molar-refractivity contribution in [3.05, 3.63) is 71.3 Å². The number of rotatable bonds is 5. The Kier molecular flexibility index (Phi) is 4.96. The maximum absolute atomic E-state index is 13.2. The molecule has 0 spiro atoms. The number of amidine groups is 1. The van der Waals surface area contributed by atoms with Gasteiger partial charge >= 0.3 is 6.16 Å². The minimum absolute atomic E-state index is 0.0907. The van der Waals surface area contributed by atoms with Gasteiger partial charge in [0.1, 0.15) is 11.8 Å². The fourth-order valence-electron chi connectivity index (χ4n) is 4.14. The van der Waals surface area contributed by atoms with Gasteiger partial charge in [0.05, 0.1) is 12.5 Å². The number of carbonyl (C=O) groups is 3. The van der Waals surface area contributed by atoms with Gasteiger partial charge in [-0.2, -0.15) is 0 Å². The van der Waals surface area contributed by atoms with Crippen LogP contribution in [0.5, 0.6) is 0 Å². The summed E-state index contributed by atoms with van der Waals surface area (Å²) in [7, 11) is 0. The smallest absolute Gasteiger partial charge is 0.450 e. The van der Waals surface area contributed by atoms with E-state index in [0.29, 0.717) is 11.1 Å². The van der Waals surface area contributed by atoms with Crippen LogP contribution in [0.4, 0.5) is 4.79 Å². The van der Waals surface area contributed by atoms with Crippen molar-refractivity contribution >= 4 is 23.8 Å². The quantitative estimate of drug-likeness (QED) is 0.253. The van der Waals surface area contributed by atoms with Gasteiger partial charge in [0.2, 0.25) is 11.8 Å². The number of nitrogen functional groups attached to an aromatic ring is 1. The van der Waals surface area contributed by atoms with E-state index >= 15 is 0 Å². The Hall–Kier alpha value is -3.72. The second kappa shape index (κ2) is 7.60. The Morgan fingerprint density at radius 2 is 1.70 bits per heavy atom. The number of benzene rings is 2. The molecule has 2 fully saturated rings. The molecule has 0 bridgehead atoms. The Balaban J connectivity index is 1.66. The van der Waals surface area contributed by atoms with Crippen LogP contribution in [0.15, 0.2) is 54.6 Å². The number of hydrogen-bond donors (Lipinski definition) is 4. The summed E-state index contributed by atoms with van der Waals surface area (Å²) in [4.78, 5) is 38.6. The average Bonchev–Trinajstić information content (AvgIpc) is 3.20. The summed E-state index contributed by atoms with van der Waals surface area (Å²) in [6, 6.07) is 15.2. The molecule has 4 atom stereocenters. The molecular weight excluding hydrogens is 388 g/mol. The lowest BCUT2D eigenvalue weighted by molar-refractivity contribution is -0.142. The lowest BCUT2D eigenvalue weighted by Crippen LogP contribution is -2.41. The SMILES string of the molecule is N=C(N)c1ccc(C2NC(OC(=O)O)C3C(=O)N(Cc4ccccc4)C(=O)C23)cc1. The molecule has 2 aliphatic rings. The molecule has 0 aliphatic carbocycles. The summed E-state index contributed by atoms with van der Waals surface area (Å²) >= 11 is 0. The van der Waals surface area contributed by atoms with E-state index in [2.05, 4.69) is 5.32 Å². The molecule has 0 aromatic heterocycles. The first-order valence-corrected chi connectivity index (χ1v) is 9.36. The van der Waals surface area contributed by atoms with Gasteiger partial charge in [0.25, 0.3) is 0 Å². The summed E-state index contributed by atoms with van der Waals surface area (Å²) < 4.78 is 4.91. The van der Waals surface area contributed by atoms with E-state index in [-0.39, 0.29) is 18.3 Å². The van der Waals surface area contributed by atoms with Crippen LogP contribution in [-0.4, -0.2) is 40.0 Å². The topological polar surface area (TPSA) is 146 Å². The molecule has 2 aromatic carbocycles. The molecule has 2 aliphatic heterocycles. The van der Waals surface area contributed by atoms with Crippen LogP contribution in [0, 0.1) is 17.2 Å². The van der Waals surface area contributed by atoms with E-state index in [4.69, 9.17) is 21.0 Å². The first-order valence-electron chi connectivity index (χ1n) is 9.36. The third kappa shape index (κ3) is 3.39. The first-order chi connectivity index (χ1) is 14.4. The molecule has 4 unspecified atom stereocenters. The normalized spacial score (nSPS) is 25.3. The third-order valence-corrected chi connectivity index (χ3v) is 5.51. The number of nitrogens with one attached hydrogen (secondary N) is 2. The van der Waals surface area contributed by atoms with Crippen molar-refractivity contribution in [3.8, 4) is 0 Å². The molecule has 0 saturated carbocycles. The number of nitrogens with two attached hydrogens (primary N) is 1. The minimum atomic E-state index is -1.53. The number of fused-ring (bicyclic) bond motifs is 1. The largest absolute Gasteiger partial charge is 0.507 e. The van der Waals surface area contributed by atoms with Gasteiger partial charge in [0, 0.05) is 11.6 Å². The van der Waals surface area contributed by atoms with Crippen LogP contribution in [0.1, 0.15) is 22.7 Å². The van der Waals surface area contributed by atoms with E-state index < -0.39 is 36.2 Å². The van der Waals surface area contributed by atoms with E-state index in [1.54, 1.807) is 24.3 Å². The van der Waals surface area contributed by atoms with Gasteiger partial charge in [0.15, 0.2) is 6.23 Å². The molecule has 2 aromatic rings. The third-order valence-electron chi connectivity index (χ3n) is 5.51. The molecule has 0 radical (unpaired) electrons. The maximum Gasteiger partial charge on any atom is 0.507 e. The molecule has 2 saturated heterocycles. The highest BCUT2D eigenvalue weighted by molar-refractivity contribution is 6.06. The number of amides is 2. The van der Waals surface area contributed by atoms with Crippen molar-refractivity contribution < 1.29 is 24.2 Å². The van der Waals surface area contributed by atoms with Crippen LogP contribution in [0.3, 0.4) is 0 Å². The van der Waals surface area contributed by atoms with E-state index in [9.17, 15) is 14.4 Å². The highest BCUT2D eigenvalue weighted by Crippen LogP contribution is 2.44. The zero-order valence-electron chi connectivity index (χ0n) is 15.8. The number of carboxylic acid groups (broad SMARTS) is 1. The first kappa shape index (κ1) is 19.6. The van der Waals surface area contributed by atoms with Crippen LogP contribution in [0.2, 0.25) is 0 Å². The highest BCUT2D eigenvalue weighted by atomic mass is 16.7. The maximum atomic E-state index is 13.2. The van der Waals surface area contributed by atoms with E-state index in [1.807, 2.05) is 30.3 Å². The molecule has 9 heteroatoms. The second-order valence-electron chi connectivity index (χ2n) is 7.28. The predicted molar refractivity (Wildman–Crippen MR) is 105 cm³/mol. The molecule has 30 heavy (non-hydrogen) atoms. The number of nitrogens with zero attached hydrogens (tertiary/aromatic N) is 1. The van der Waals surface area contributed by atoms with Crippen molar-refractivity contribution in [1.82, 2.24) is 10.2 Å². The van der Waals surface area contributed by atoms with Crippen molar-refractivity contribution in [2.75, 3.05) is 0 Å². The number of ether oxygens (including phenoxy) is 1. The standard InChI is InChI=1S/C21H20N4O5/c22-17(23)13-8-6-12(7-9-13)16-14-15(18(24-16)30-21(28)29)20(27)25(19(14)26)10-11-4-2-1-3-5-11/h1-9,14-16,18,24H,10H2,(H3,22,23)(H,28,29). The van der Waals surface area contributed by atoms with Crippen LogP contribution < -0.4 is 11.1 Å². The van der Waals surface area contributed by atoms with Crippen LogP contribution >= 0.6 is 0 Å². The Morgan fingerprint density at radius 3 is 2.30 bits per heavy atom. The lowest BCUT2D eigenvalue weighted by Gasteiger charge is -2.22. The summed E-state index contributed by atoms with van der Waals surface area (Å²) in [5.74, 6) is -2.68. The zero-order valence-corrected chi connectivity index (χ0v) is 15.8. The molecular formula is C21H20N4O5.